The Hall–Kier alpha value is -2.33. The van der Waals surface area contributed by atoms with E-state index in [0.717, 1.165) is 17.5 Å². The molecule has 2 amide bonds. The third-order valence-electron chi connectivity index (χ3n) is 3.30. The molecule has 0 aliphatic carbocycles. The number of carbonyl (C=O) groups excluding carboxylic acids is 2. The molecule has 114 valence electrons. The number of halogens is 1. The summed E-state index contributed by atoms with van der Waals surface area (Å²) in [5, 5.41) is 5.70. The maximum Gasteiger partial charge on any atom is 0.314 e. The molecule has 0 fully saturated rings. The Morgan fingerprint density at radius 2 is 1.64 bits per heavy atom. The van der Waals surface area contributed by atoms with Crippen molar-refractivity contribution in [3.63, 3.8) is 0 Å². The van der Waals surface area contributed by atoms with Gasteiger partial charge in [0.25, 0.3) is 0 Å². The second kappa shape index (κ2) is 7.09. The average Bonchev–Trinajstić information content (AvgIpc) is 2.51. The number of hydrogen-bond donors (Lipinski definition) is 2. The molecular formula is C17H17ClN2O2. The SMILES string of the molecule is CCc1ccccc1NC(=O)C(=O)Nc1cc(Cl)ccc1C. The fourth-order valence-electron chi connectivity index (χ4n) is 2.04. The van der Waals surface area contributed by atoms with E-state index in [1.165, 1.54) is 0 Å². The number of hydrogen-bond acceptors (Lipinski definition) is 2. The van der Waals surface area contributed by atoms with E-state index in [9.17, 15) is 9.59 Å². The molecule has 2 aromatic rings. The first-order chi connectivity index (χ1) is 10.5. The van der Waals surface area contributed by atoms with Crippen molar-refractivity contribution in [2.75, 3.05) is 10.6 Å². The summed E-state index contributed by atoms with van der Waals surface area (Å²) in [6.07, 6.45) is 0.769. The average molecular weight is 317 g/mol. The van der Waals surface area contributed by atoms with Crippen LogP contribution in [0.3, 0.4) is 0 Å². The van der Waals surface area contributed by atoms with Gasteiger partial charge in [0.1, 0.15) is 0 Å². The van der Waals surface area contributed by atoms with Gasteiger partial charge in [0, 0.05) is 16.4 Å². The maximum absolute atomic E-state index is 12.0. The topological polar surface area (TPSA) is 58.2 Å². The highest BCUT2D eigenvalue weighted by Gasteiger charge is 2.16. The number of benzene rings is 2. The lowest BCUT2D eigenvalue weighted by Crippen LogP contribution is -2.29. The van der Waals surface area contributed by atoms with Gasteiger partial charge in [0.2, 0.25) is 0 Å². The molecular weight excluding hydrogens is 300 g/mol. The fourth-order valence-corrected chi connectivity index (χ4v) is 2.21. The van der Waals surface area contributed by atoms with Crippen LogP contribution in [0.1, 0.15) is 18.1 Å². The van der Waals surface area contributed by atoms with Crippen molar-refractivity contribution in [2.24, 2.45) is 0 Å². The predicted molar refractivity (Wildman–Crippen MR) is 89.3 cm³/mol. The molecule has 22 heavy (non-hydrogen) atoms. The van der Waals surface area contributed by atoms with E-state index in [0.29, 0.717) is 16.4 Å². The third-order valence-corrected chi connectivity index (χ3v) is 3.54. The van der Waals surface area contributed by atoms with Gasteiger partial charge in [-0.2, -0.15) is 0 Å². The summed E-state index contributed by atoms with van der Waals surface area (Å²) in [5.74, 6) is -1.43. The number of carbonyl (C=O) groups is 2. The summed E-state index contributed by atoms with van der Waals surface area (Å²) in [4.78, 5) is 24.0. The molecule has 0 aromatic heterocycles. The van der Waals surface area contributed by atoms with Gasteiger partial charge >= 0.3 is 11.8 Å². The first kappa shape index (κ1) is 16.0. The molecule has 0 radical (unpaired) electrons. The van der Waals surface area contributed by atoms with Crippen LogP contribution in [0.5, 0.6) is 0 Å². The lowest BCUT2D eigenvalue weighted by molar-refractivity contribution is -0.133. The molecule has 0 unspecified atom stereocenters. The minimum absolute atomic E-state index is 0.498. The molecule has 0 heterocycles. The lowest BCUT2D eigenvalue weighted by atomic mass is 10.1. The Balaban J connectivity index is 2.09. The second-order valence-corrected chi connectivity index (χ2v) is 5.31. The third kappa shape index (κ3) is 3.86. The van der Waals surface area contributed by atoms with E-state index in [1.807, 2.05) is 32.0 Å². The van der Waals surface area contributed by atoms with Crippen molar-refractivity contribution >= 4 is 34.8 Å². The van der Waals surface area contributed by atoms with Crippen LogP contribution in [0.2, 0.25) is 5.02 Å². The van der Waals surface area contributed by atoms with Gasteiger partial charge in [-0.15, -0.1) is 0 Å². The van der Waals surface area contributed by atoms with E-state index in [4.69, 9.17) is 11.6 Å². The number of aryl methyl sites for hydroxylation is 2. The van der Waals surface area contributed by atoms with Crippen molar-refractivity contribution in [3.05, 3.63) is 58.6 Å². The molecule has 0 bridgehead atoms. The van der Waals surface area contributed by atoms with Crippen LogP contribution in [0, 0.1) is 6.92 Å². The van der Waals surface area contributed by atoms with Crippen LogP contribution in [0.4, 0.5) is 11.4 Å². The van der Waals surface area contributed by atoms with E-state index in [1.54, 1.807) is 24.3 Å². The van der Waals surface area contributed by atoms with Gasteiger partial charge in [0.15, 0.2) is 0 Å². The number of para-hydroxylation sites is 1. The number of rotatable bonds is 3. The number of amides is 2. The zero-order valence-corrected chi connectivity index (χ0v) is 13.2. The van der Waals surface area contributed by atoms with Gasteiger partial charge in [-0.25, -0.2) is 0 Å². The summed E-state index contributed by atoms with van der Waals surface area (Å²) >= 11 is 5.90. The Morgan fingerprint density at radius 1 is 1.00 bits per heavy atom. The summed E-state index contributed by atoms with van der Waals surface area (Å²) in [6, 6.07) is 12.5. The van der Waals surface area contributed by atoms with Crippen LogP contribution in [-0.4, -0.2) is 11.8 Å². The Kier molecular flexibility index (Phi) is 5.17. The van der Waals surface area contributed by atoms with Gasteiger partial charge in [-0.3, -0.25) is 9.59 Å². The minimum Gasteiger partial charge on any atom is -0.318 e. The quantitative estimate of drug-likeness (QED) is 0.846. The molecule has 2 rings (SSSR count). The molecule has 5 heteroatoms. The summed E-state index contributed by atoms with van der Waals surface area (Å²) in [5.41, 5.74) is 2.98. The van der Waals surface area contributed by atoms with E-state index in [-0.39, 0.29) is 0 Å². The highest BCUT2D eigenvalue weighted by Crippen LogP contribution is 2.20. The fraction of sp³-hybridized carbons (Fsp3) is 0.176. The van der Waals surface area contributed by atoms with E-state index in [2.05, 4.69) is 10.6 Å². The number of nitrogens with one attached hydrogen (secondary N) is 2. The van der Waals surface area contributed by atoms with Gasteiger partial charge < -0.3 is 10.6 Å². The molecule has 2 aromatic carbocycles. The first-order valence-corrected chi connectivity index (χ1v) is 7.35. The highest BCUT2D eigenvalue weighted by atomic mass is 35.5. The van der Waals surface area contributed by atoms with Crippen molar-refractivity contribution in [2.45, 2.75) is 20.3 Å². The largest absolute Gasteiger partial charge is 0.318 e. The summed E-state index contributed by atoms with van der Waals surface area (Å²) < 4.78 is 0. The second-order valence-electron chi connectivity index (χ2n) is 4.88. The Bertz CT molecular complexity index is 714. The monoisotopic (exact) mass is 316 g/mol. The van der Waals surface area contributed by atoms with Crippen LogP contribution in [-0.2, 0) is 16.0 Å². The predicted octanol–water partition coefficient (Wildman–Crippen LogP) is 3.79. The molecule has 0 saturated heterocycles. The molecule has 2 N–H and O–H groups in total. The smallest absolute Gasteiger partial charge is 0.314 e. The Labute approximate surface area is 134 Å². The van der Waals surface area contributed by atoms with E-state index < -0.39 is 11.8 Å². The minimum atomic E-state index is -0.726. The van der Waals surface area contributed by atoms with Crippen LogP contribution in [0.25, 0.3) is 0 Å². The standard InChI is InChI=1S/C17H17ClN2O2/c1-3-12-6-4-5-7-14(12)19-16(21)17(22)20-15-10-13(18)9-8-11(15)2/h4-10H,3H2,1-2H3,(H,19,21)(H,20,22). The molecule has 4 nitrogen and oxygen atoms in total. The summed E-state index contributed by atoms with van der Waals surface area (Å²) in [6.45, 7) is 3.82. The molecule has 0 aliphatic rings. The molecule has 0 atom stereocenters. The zero-order valence-electron chi connectivity index (χ0n) is 12.4. The molecule has 0 spiro atoms. The van der Waals surface area contributed by atoms with Crippen LogP contribution < -0.4 is 10.6 Å². The Morgan fingerprint density at radius 3 is 2.32 bits per heavy atom. The van der Waals surface area contributed by atoms with Crippen LogP contribution in [0.15, 0.2) is 42.5 Å². The van der Waals surface area contributed by atoms with Gasteiger partial charge in [0.05, 0.1) is 0 Å². The number of anilines is 2. The lowest BCUT2D eigenvalue weighted by Gasteiger charge is -2.11. The summed E-state index contributed by atoms with van der Waals surface area (Å²) in [7, 11) is 0. The van der Waals surface area contributed by atoms with Crippen molar-refractivity contribution < 1.29 is 9.59 Å². The van der Waals surface area contributed by atoms with Crippen molar-refractivity contribution in [1.29, 1.82) is 0 Å². The zero-order chi connectivity index (χ0) is 16.1. The van der Waals surface area contributed by atoms with Gasteiger partial charge in [-0.05, 0) is 42.7 Å². The van der Waals surface area contributed by atoms with Gasteiger partial charge in [-0.1, -0.05) is 42.8 Å². The van der Waals surface area contributed by atoms with Crippen molar-refractivity contribution in [3.8, 4) is 0 Å². The van der Waals surface area contributed by atoms with Crippen molar-refractivity contribution in [1.82, 2.24) is 0 Å². The molecule has 0 saturated carbocycles. The van der Waals surface area contributed by atoms with E-state index >= 15 is 0 Å². The molecule has 0 aliphatic heterocycles. The maximum atomic E-state index is 12.0. The van der Waals surface area contributed by atoms with Crippen LogP contribution >= 0.6 is 11.6 Å². The normalized spacial score (nSPS) is 10.1. The first-order valence-electron chi connectivity index (χ1n) is 6.97. The highest BCUT2D eigenvalue weighted by molar-refractivity contribution is 6.44.